The Bertz CT molecular complexity index is 479. The first-order valence-corrected chi connectivity index (χ1v) is 7.40. The average molecular weight is 325 g/mol. The van der Waals surface area contributed by atoms with Crippen molar-refractivity contribution >= 4 is 26.0 Å². The largest absolute Gasteiger partial charge is 0.316 e. The molecule has 17 heavy (non-hydrogen) atoms. The summed E-state index contributed by atoms with van der Waals surface area (Å²) in [5.74, 6) is -0.483. The predicted octanol–water partition coefficient (Wildman–Crippen LogP) is 1.48. The summed E-state index contributed by atoms with van der Waals surface area (Å²) in [5, 5.41) is 3.00. The molecule has 1 aromatic rings. The Morgan fingerprint density at radius 2 is 2.06 bits per heavy atom. The second-order valence-electron chi connectivity index (χ2n) is 3.33. The summed E-state index contributed by atoms with van der Waals surface area (Å²) in [6.07, 6.45) is 0. The molecule has 0 unspecified atom stereocenters. The number of hydrogen-bond acceptors (Lipinski definition) is 3. The molecular formula is C10H14BrFN2O2S. The van der Waals surface area contributed by atoms with Crippen molar-refractivity contribution < 1.29 is 12.8 Å². The van der Waals surface area contributed by atoms with Gasteiger partial charge in [-0.25, -0.2) is 17.5 Å². The lowest BCUT2D eigenvalue weighted by Crippen LogP contribution is -2.31. The Kier molecular flexibility index (Phi) is 5.51. The van der Waals surface area contributed by atoms with Crippen molar-refractivity contribution in [1.82, 2.24) is 10.0 Å². The van der Waals surface area contributed by atoms with Gasteiger partial charge in [0.05, 0.1) is 4.90 Å². The molecule has 0 radical (unpaired) electrons. The van der Waals surface area contributed by atoms with E-state index in [2.05, 4.69) is 26.0 Å². The fourth-order valence-electron chi connectivity index (χ4n) is 1.22. The monoisotopic (exact) mass is 324 g/mol. The number of nitrogens with one attached hydrogen (secondary N) is 2. The van der Waals surface area contributed by atoms with Crippen molar-refractivity contribution in [2.75, 3.05) is 19.6 Å². The Hall–Kier alpha value is -0.500. The lowest BCUT2D eigenvalue weighted by molar-refractivity contribution is 0.576. The third-order valence-corrected chi connectivity index (χ3v) is 4.47. The number of benzene rings is 1. The van der Waals surface area contributed by atoms with Gasteiger partial charge < -0.3 is 5.32 Å². The van der Waals surface area contributed by atoms with Crippen LogP contribution in [0.25, 0.3) is 0 Å². The van der Waals surface area contributed by atoms with E-state index in [4.69, 9.17) is 0 Å². The van der Waals surface area contributed by atoms with Crippen molar-refractivity contribution in [2.24, 2.45) is 0 Å². The SMILES string of the molecule is CCNCCNS(=O)(=O)c1ccc(F)cc1Br. The summed E-state index contributed by atoms with van der Waals surface area (Å²) in [4.78, 5) is 0.0374. The van der Waals surface area contributed by atoms with Crippen molar-refractivity contribution in [2.45, 2.75) is 11.8 Å². The van der Waals surface area contributed by atoms with E-state index in [9.17, 15) is 12.8 Å². The number of rotatable bonds is 6. The van der Waals surface area contributed by atoms with Crippen molar-refractivity contribution in [3.8, 4) is 0 Å². The van der Waals surface area contributed by atoms with Gasteiger partial charge in [0, 0.05) is 17.6 Å². The van der Waals surface area contributed by atoms with Crippen LogP contribution in [0.4, 0.5) is 4.39 Å². The van der Waals surface area contributed by atoms with E-state index in [-0.39, 0.29) is 9.37 Å². The lowest BCUT2D eigenvalue weighted by Gasteiger charge is -2.08. The van der Waals surface area contributed by atoms with Crippen LogP contribution in [0.3, 0.4) is 0 Å². The maximum atomic E-state index is 12.8. The lowest BCUT2D eigenvalue weighted by atomic mass is 10.3. The first-order chi connectivity index (χ1) is 7.97. The molecule has 0 saturated heterocycles. The van der Waals surface area contributed by atoms with Crippen LogP contribution >= 0.6 is 15.9 Å². The quantitative estimate of drug-likeness (QED) is 0.779. The molecule has 96 valence electrons. The highest BCUT2D eigenvalue weighted by atomic mass is 79.9. The minimum atomic E-state index is -3.59. The normalized spacial score (nSPS) is 11.7. The van der Waals surface area contributed by atoms with Crippen molar-refractivity contribution in [1.29, 1.82) is 0 Å². The molecule has 0 bridgehead atoms. The summed E-state index contributed by atoms with van der Waals surface area (Å²) in [6, 6.07) is 3.47. The first-order valence-electron chi connectivity index (χ1n) is 5.13. The molecule has 0 fully saturated rings. The Morgan fingerprint density at radius 3 is 2.65 bits per heavy atom. The molecule has 0 spiro atoms. The molecule has 0 amide bonds. The number of sulfonamides is 1. The Labute approximate surface area is 109 Å². The summed E-state index contributed by atoms with van der Waals surface area (Å²) in [5.41, 5.74) is 0. The highest BCUT2D eigenvalue weighted by Gasteiger charge is 2.17. The fraction of sp³-hybridized carbons (Fsp3) is 0.400. The van der Waals surface area contributed by atoms with Gasteiger partial charge in [0.25, 0.3) is 0 Å². The van der Waals surface area contributed by atoms with Crippen LogP contribution in [-0.2, 0) is 10.0 Å². The zero-order valence-corrected chi connectivity index (χ0v) is 11.7. The summed E-state index contributed by atoms with van der Waals surface area (Å²) in [6.45, 7) is 3.56. The molecule has 0 aliphatic rings. The van der Waals surface area contributed by atoms with E-state index in [0.29, 0.717) is 13.1 Å². The van der Waals surface area contributed by atoms with E-state index in [0.717, 1.165) is 18.7 Å². The molecule has 0 aromatic heterocycles. The fourth-order valence-corrected chi connectivity index (χ4v) is 3.30. The molecule has 0 aliphatic carbocycles. The minimum Gasteiger partial charge on any atom is -0.316 e. The average Bonchev–Trinajstić information content (AvgIpc) is 2.24. The van der Waals surface area contributed by atoms with E-state index in [1.165, 1.54) is 6.07 Å². The molecule has 7 heteroatoms. The zero-order valence-electron chi connectivity index (χ0n) is 9.33. The van der Waals surface area contributed by atoms with E-state index in [1.807, 2.05) is 6.92 Å². The third kappa shape index (κ3) is 4.34. The van der Waals surface area contributed by atoms with Gasteiger partial charge in [-0.05, 0) is 40.7 Å². The molecule has 0 saturated carbocycles. The number of halogens is 2. The molecule has 0 heterocycles. The second kappa shape index (κ2) is 6.44. The molecule has 4 nitrogen and oxygen atoms in total. The molecule has 2 N–H and O–H groups in total. The standard InChI is InChI=1S/C10H14BrFN2O2S/c1-2-13-5-6-14-17(15,16)10-4-3-8(12)7-9(10)11/h3-4,7,13-14H,2,5-6H2,1H3. The van der Waals surface area contributed by atoms with Crippen molar-refractivity contribution in [3.05, 3.63) is 28.5 Å². The van der Waals surface area contributed by atoms with Gasteiger partial charge in [0.1, 0.15) is 5.82 Å². The van der Waals surface area contributed by atoms with Crippen LogP contribution in [0.5, 0.6) is 0 Å². The van der Waals surface area contributed by atoms with Gasteiger partial charge in [-0.2, -0.15) is 0 Å². The molecule has 0 atom stereocenters. The maximum absolute atomic E-state index is 12.8. The van der Waals surface area contributed by atoms with Gasteiger partial charge in [-0.3, -0.25) is 0 Å². The van der Waals surface area contributed by atoms with Crippen LogP contribution in [0.2, 0.25) is 0 Å². The van der Waals surface area contributed by atoms with Gasteiger partial charge in [-0.1, -0.05) is 6.92 Å². The second-order valence-corrected chi connectivity index (χ2v) is 5.92. The van der Waals surface area contributed by atoms with E-state index in [1.54, 1.807) is 0 Å². The first kappa shape index (κ1) is 14.6. The third-order valence-electron chi connectivity index (χ3n) is 2.03. The minimum absolute atomic E-state index is 0.0374. The van der Waals surface area contributed by atoms with Gasteiger partial charge >= 0.3 is 0 Å². The zero-order chi connectivity index (χ0) is 12.9. The van der Waals surface area contributed by atoms with Crippen LogP contribution < -0.4 is 10.0 Å². The van der Waals surface area contributed by atoms with Crippen LogP contribution in [0, 0.1) is 5.82 Å². The van der Waals surface area contributed by atoms with E-state index < -0.39 is 15.8 Å². The van der Waals surface area contributed by atoms with E-state index >= 15 is 0 Å². The van der Waals surface area contributed by atoms with Crippen LogP contribution in [-0.4, -0.2) is 28.1 Å². The molecule has 1 aromatic carbocycles. The van der Waals surface area contributed by atoms with Gasteiger partial charge in [0.15, 0.2) is 0 Å². The summed E-state index contributed by atoms with van der Waals surface area (Å²) >= 11 is 3.03. The number of likely N-dealkylation sites (N-methyl/N-ethyl adjacent to an activating group) is 1. The summed E-state index contributed by atoms with van der Waals surface area (Å²) < 4.78 is 39.1. The highest BCUT2D eigenvalue weighted by Crippen LogP contribution is 2.22. The highest BCUT2D eigenvalue weighted by molar-refractivity contribution is 9.10. The van der Waals surface area contributed by atoms with Crippen molar-refractivity contribution in [3.63, 3.8) is 0 Å². The van der Waals surface area contributed by atoms with Crippen LogP contribution in [0.1, 0.15) is 6.92 Å². The molecular weight excluding hydrogens is 311 g/mol. The maximum Gasteiger partial charge on any atom is 0.241 e. The van der Waals surface area contributed by atoms with Gasteiger partial charge in [0.2, 0.25) is 10.0 Å². The van der Waals surface area contributed by atoms with Crippen LogP contribution in [0.15, 0.2) is 27.6 Å². The molecule has 1 rings (SSSR count). The number of hydrogen-bond donors (Lipinski definition) is 2. The Morgan fingerprint density at radius 1 is 1.35 bits per heavy atom. The predicted molar refractivity (Wildman–Crippen MR) is 67.8 cm³/mol. The molecule has 0 aliphatic heterocycles. The Balaban J connectivity index is 2.76. The topological polar surface area (TPSA) is 58.2 Å². The summed E-state index contributed by atoms with van der Waals surface area (Å²) in [7, 11) is -3.59. The van der Waals surface area contributed by atoms with Gasteiger partial charge in [-0.15, -0.1) is 0 Å². The smallest absolute Gasteiger partial charge is 0.241 e.